The van der Waals surface area contributed by atoms with Crippen molar-refractivity contribution in [1.29, 1.82) is 0 Å². The van der Waals surface area contributed by atoms with Crippen LogP contribution in [0.1, 0.15) is 46.0 Å². The molecule has 1 rings (SSSR count). The highest BCUT2D eigenvalue weighted by Crippen LogP contribution is 2.20. The molecule has 2 atom stereocenters. The molecule has 100 valence electrons. The summed E-state index contributed by atoms with van der Waals surface area (Å²) in [6, 6.07) is -0.0147. The summed E-state index contributed by atoms with van der Waals surface area (Å²) in [5, 5.41) is 12.1. The largest absolute Gasteiger partial charge is 0.480 e. The summed E-state index contributed by atoms with van der Waals surface area (Å²) in [6.45, 7) is 5.60. The van der Waals surface area contributed by atoms with E-state index in [-0.39, 0.29) is 0 Å². The number of aliphatic carboxylic acids is 1. The minimum atomic E-state index is -0.762. The number of hydrogen-bond acceptors (Lipinski definition) is 3. The van der Waals surface area contributed by atoms with Gasteiger partial charge in [-0.3, -0.25) is 4.79 Å². The van der Waals surface area contributed by atoms with E-state index in [0.29, 0.717) is 25.0 Å². The van der Waals surface area contributed by atoms with Crippen molar-refractivity contribution in [3.63, 3.8) is 0 Å². The molecule has 0 radical (unpaired) electrons. The van der Waals surface area contributed by atoms with Gasteiger partial charge < -0.3 is 15.2 Å². The lowest BCUT2D eigenvalue weighted by Crippen LogP contribution is -2.39. The number of ether oxygens (including phenoxy) is 1. The fourth-order valence-corrected chi connectivity index (χ4v) is 1.87. The Morgan fingerprint density at radius 2 is 2.18 bits per heavy atom. The van der Waals surface area contributed by atoms with Gasteiger partial charge in [0.25, 0.3) is 0 Å². The van der Waals surface area contributed by atoms with Crippen LogP contribution in [0.25, 0.3) is 0 Å². The van der Waals surface area contributed by atoms with Crippen molar-refractivity contribution >= 4 is 5.97 Å². The second kappa shape index (κ2) is 7.67. The van der Waals surface area contributed by atoms with Crippen LogP contribution in [-0.2, 0) is 9.53 Å². The lowest BCUT2D eigenvalue weighted by Gasteiger charge is -2.15. The normalized spacial score (nSPS) is 18.9. The van der Waals surface area contributed by atoms with Gasteiger partial charge in [-0.25, -0.2) is 0 Å². The Morgan fingerprint density at radius 3 is 2.71 bits per heavy atom. The molecule has 0 spiro atoms. The Kier molecular flexibility index (Phi) is 6.52. The molecule has 0 saturated heterocycles. The average Bonchev–Trinajstić information content (AvgIpc) is 3.06. The first-order valence-corrected chi connectivity index (χ1v) is 6.70. The maximum Gasteiger partial charge on any atom is 0.320 e. The third-order valence-corrected chi connectivity index (χ3v) is 3.05. The molecule has 1 saturated carbocycles. The molecule has 0 heterocycles. The first-order valence-electron chi connectivity index (χ1n) is 6.70. The second-order valence-electron chi connectivity index (χ2n) is 5.09. The molecule has 2 N–H and O–H groups in total. The first-order chi connectivity index (χ1) is 8.13. The molecule has 2 unspecified atom stereocenters. The van der Waals surface area contributed by atoms with E-state index >= 15 is 0 Å². The lowest BCUT2D eigenvalue weighted by molar-refractivity contribution is -0.140. The highest BCUT2D eigenvalue weighted by Gasteiger charge is 2.27. The van der Waals surface area contributed by atoms with Gasteiger partial charge in [-0.1, -0.05) is 20.3 Å². The Labute approximate surface area is 104 Å². The van der Waals surface area contributed by atoms with E-state index < -0.39 is 12.0 Å². The van der Waals surface area contributed by atoms with E-state index in [1.807, 2.05) is 0 Å². The van der Waals surface area contributed by atoms with Crippen molar-refractivity contribution < 1.29 is 14.6 Å². The van der Waals surface area contributed by atoms with E-state index in [4.69, 9.17) is 9.84 Å². The average molecular weight is 243 g/mol. The summed E-state index contributed by atoms with van der Waals surface area (Å²) < 4.78 is 5.53. The number of carboxylic acids is 1. The van der Waals surface area contributed by atoms with Crippen molar-refractivity contribution in [2.75, 3.05) is 13.2 Å². The molecular formula is C13H25NO3. The molecule has 0 aliphatic heterocycles. The van der Waals surface area contributed by atoms with E-state index in [2.05, 4.69) is 19.2 Å². The van der Waals surface area contributed by atoms with Crippen molar-refractivity contribution in [2.24, 2.45) is 5.92 Å². The summed E-state index contributed by atoms with van der Waals surface area (Å²) in [4.78, 5) is 11.0. The summed E-state index contributed by atoms with van der Waals surface area (Å²) in [5.74, 6) is -0.193. The smallest absolute Gasteiger partial charge is 0.320 e. The summed E-state index contributed by atoms with van der Waals surface area (Å²) in [5.41, 5.74) is 0. The van der Waals surface area contributed by atoms with Crippen LogP contribution in [0.5, 0.6) is 0 Å². The van der Waals surface area contributed by atoms with Crippen LogP contribution in [0.15, 0.2) is 0 Å². The Morgan fingerprint density at radius 1 is 1.47 bits per heavy atom. The zero-order chi connectivity index (χ0) is 12.7. The molecule has 0 aromatic carbocycles. The minimum Gasteiger partial charge on any atom is -0.480 e. The summed E-state index contributed by atoms with van der Waals surface area (Å²) >= 11 is 0. The molecule has 1 fully saturated rings. The van der Waals surface area contributed by atoms with Gasteiger partial charge in [-0.2, -0.15) is 0 Å². The molecule has 0 amide bonds. The molecule has 1 aliphatic rings. The monoisotopic (exact) mass is 243 g/mol. The zero-order valence-electron chi connectivity index (χ0n) is 10.9. The van der Waals surface area contributed by atoms with Crippen molar-refractivity contribution in [1.82, 2.24) is 5.32 Å². The predicted molar refractivity (Wildman–Crippen MR) is 67.1 cm³/mol. The second-order valence-corrected chi connectivity index (χ2v) is 5.09. The van der Waals surface area contributed by atoms with E-state index in [0.717, 1.165) is 19.4 Å². The van der Waals surface area contributed by atoms with Gasteiger partial charge in [0.05, 0.1) is 0 Å². The maximum atomic E-state index is 11.0. The Balaban J connectivity index is 2.07. The highest BCUT2D eigenvalue weighted by molar-refractivity contribution is 5.73. The maximum absolute atomic E-state index is 11.0. The Hall–Kier alpha value is -0.610. The summed E-state index contributed by atoms with van der Waals surface area (Å²) in [6.07, 6.45) is 5.12. The topological polar surface area (TPSA) is 58.6 Å². The molecule has 4 heteroatoms. The van der Waals surface area contributed by atoms with Gasteiger partial charge in [0.2, 0.25) is 0 Å². The molecule has 17 heavy (non-hydrogen) atoms. The van der Waals surface area contributed by atoms with E-state index in [9.17, 15) is 4.79 Å². The highest BCUT2D eigenvalue weighted by atomic mass is 16.5. The van der Waals surface area contributed by atoms with Crippen molar-refractivity contribution in [3.8, 4) is 0 Å². The molecule has 4 nitrogen and oxygen atoms in total. The third-order valence-electron chi connectivity index (χ3n) is 3.05. The fraction of sp³-hybridized carbons (Fsp3) is 0.923. The first kappa shape index (κ1) is 14.5. The summed E-state index contributed by atoms with van der Waals surface area (Å²) in [7, 11) is 0. The van der Waals surface area contributed by atoms with Crippen LogP contribution in [0, 0.1) is 5.92 Å². The van der Waals surface area contributed by atoms with Gasteiger partial charge in [-0.15, -0.1) is 0 Å². The van der Waals surface area contributed by atoms with Gasteiger partial charge in [0, 0.05) is 19.3 Å². The van der Waals surface area contributed by atoms with Crippen LogP contribution in [0.2, 0.25) is 0 Å². The van der Waals surface area contributed by atoms with Crippen LogP contribution in [0.3, 0.4) is 0 Å². The fourth-order valence-electron chi connectivity index (χ4n) is 1.87. The number of rotatable bonds is 10. The predicted octanol–water partition coefficient (Wildman–Crippen LogP) is 2.03. The molecule has 1 aliphatic carbocycles. The van der Waals surface area contributed by atoms with Crippen LogP contribution in [-0.4, -0.2) is 36.4 Å². The van der Waals surface area contributed by atoms with Crippen molar-refractivity contribution in [3.05, 3.63) is 0 Å². The standard InChI is InChI=1S/C13H25NO3/c1-3-4-10(2)9-17-8-7-12(13(15)16)14-11-5-6-11/h10-12,14H,3-9H2,1-2H3,(H,15,16). The number of carboxylic acid groups (broad SMARTS) is 1. The van der Waals surface area contributed by atoms with Crippen molar-refractivity contribution in [2.45, 2.75) is 58.0 Å². The quantitative estimate of drug-likeness (QED) is 0.576. The van der Waals surface area contributed by atoms with Gasteiger partial charge in [0.15, 0.2) is 0 Å². The van der Waals surface area contributed by atoms with Crippen LogP contribution < -0.4 is 5.32 Å². The van der Waals surface area contributed by atoms with Crippen LogP contribution in [0.4, 0.5) is 0 Å². The van der Waals surface area contributed by atoms with Gasteiger partial charge in [-0.05, 0) is 31.6 Å². The molecule has 0 aromatic rings. The van der Waals surface area contributed by atoms with E-state index in [1.54, 1.807) is 0 Å². The molecule has 0 bridgehead atoms. The van der Waals surface area contributed by atoms with Gasteiger partial charge >= 0.3 is 5.97 Å². The minimum absolute atomic E-state index is 0.426. The Bertz CT molecular complexity index is 229. The molecular weight excluding hydrogens is 218 g/mol. The lowest BCUT2D eigenvalue weighted by atomic mass is 10.1. The van der Waals surface area contributed by atoms with Crippen LogP contribution >= 0.6 is 0 Å². The molecule has 0 aromatic heterocycles. The number of nitrogens with one attached hydrogen (secondary N) is 1. The zero-order valence-corrected chi connectivity index (χ0v) is 10.9. The third kappa shape index (κ3) is 6.64. The van der Waals surface area contributed by atoms with Gasteiger partial charge in [0.1, 0.15) is 6.04 Å². The number of carbonyl (C=O) groups is 1. The number of hydrogen-bond donors (Lipinski definition) is 2. The van der Waals surface area contributed by atoms with E-state index in [1.165, 1.54) is 12.8 Å². The SMILES string of the molecule is CCCC(C)COCCC(NC1CC1)C(=O)O.